The van der Waals surface area contributed by atoms with Crippen LogP contribution in [0.4, 0.5) is 0 Å². The Morgan fingerprint density at radius 3 is 3.08 bits per heavy atom. The highest BCUT2D eigenvalue weighted by Gasteiger charge is 2.31. The van der Waals surface area contributed by atoms with E-state index in [9.17, 15) is 9.59 Å². The molecule has 6 heteroatoms. The molecule has 2 aromatic heterocycles. The Balaban J connectivity index is 1.86. The van der Waals surface area contributed by atoms with Crippen LogP contribution >= 0.6 is 0 Å². The van der Waals surface area contributed by atoms with Gasteiger partial charge in [0, 0.05) is 49.6 Å². The van der Waals surface area contributed by atoms with Gasteiger partial charge in [0.2, 0.25) is 0 Å². The lowest BCUT2D eigenvalue weighted by molar-refractivity contribution is 0.0963. The molecule has 2 aliphatic rings. The molecule has 4 heterocycles. The second-order valence-electron chi connectivity index (χ2n) is 6.55. The number of nitrogens with one attached hydrogen (secondary N) is 2. The zero-order valence-corrected chi connectivity index (χ0v) is 13.6. The van der Waals surface area contributed by atoms with Crippen LogP contribution in [0.1, 0.15) is 28.4 Å². The van der Waals surface area contributed by atoms with Crippen LogP contribution in [0.3, 0.4) is 0 Å². The number of nitrogens with zero attached hydrogens (tertiary/aromatic N) is 2. The van der Waals surface area contributed by atoms with Gasteiger partial charge in [0.1, 0.15) is 0 Å². The van der Waals surface area contributed by atoms with Crippen molar-refractivity contribution in [2.75, 3.05) is 20.1 Å². The Bertz CT molecular complexity index is 858. The SMILES string of the molecule is CNC(=O)c1cccnc1-c1cc2n(c(=O)c1)C[C@@H]1CNC[C@H]2C1. The number of piperidine rings is 1. The van der Waals surface area contributed by atoms with Gasteiger partial charge in [0.25, 0.3) is 11.5 Å². The maximum absolute atomic E-state index is 12.7. The maximum Gasteiger partial charge on any atom is 0.253 e. The Hall–Kier alpha value is -2.47. The number of fused-ring (bicyclic) bond motifs is 4. The Morgan fingerprint density at radius 2 is 2.25 bits per heavy atom. The van der Waals surface area contributed by atoms with Crippen LogP contribution < -0.4 is 16.2 Å². The molecule has 6 nitrogen and oxygen atoms in total. The summed E-state index contributed by atoms with van der Waals surface area (Å²) in [5, 5.41) is 6.08. The van der Waals surface area contributed by atoms with Crippen LogP contribution in [0.2, 0.25) is 0 Å². The normalized spacial score (nSPS) is 21.9. The second kappa shape index (κ2) is 5.87. The lowest BCUT2D eigenvalue weighted by Crippen LogP contribution is -2.44. The van der Waals surface area contributed by atoms with Gasteiger partial charge in [0.15, 0.2) is 0 Å². The number of hydrogen-bond donors (Lipinski definition) is 2. The van der Waals surface area contributed by atoms with Crippen molar-refractivity contribution >= 4 is 5.91 Å². The average Bonchev–Trinajstić information content (AvgIpc) is 2.62. The molecular weight excluding hydrogens is 304 g/mol. The quantitative estimate of drug-likeness (QED) is 0.863. The van der Waals surface area contributed by atoms with E-state index in [-0.39, 0.29) is 11.5 Å². The van der Waals surface area contributed by atoms with E-state index in [1.54, 1.807) is 31.4 Å². The van der Waals surface area contributed by atoms with Crippen LogP contribution in [0, 0.1) is 5.92 Å². The van der Waals surface area contributed by atoms with Gasteiger partial charge in [-0.3, -0.25) is 14.6 Å². The molecule has 1 amide bonds. The molecule has 2 aromatic rings. The first-order chi connectivity index (χ1) is 11.7. The van der Waals surface area contributed by atoms with Gasteiger partial charge in [-0.05, 0) is 37.1 Å². The summed E-state index contributed by atoms with van der Waals surface area (Å²) >= 11 is 0. The van der Waals surface area contributed by atoms with Crippen LogP contribution in [0.5, 0.6) is 0 Å². The highest BCUT2D eigenvalue weighted by molar-refractivity contribution is 5.99. The lowest BCUT2D eigenvalue weighted by atomic mass is 9.83. The van der Waals surface area contributed by atoms with Crippen molar-refractivity contribution in [3.8, 4) is 11.3 Å². The first-order valence-corrected chi connectivity index (χ1v) is 8.30. The highest BCUT2D eigenvalue weighted by Crippen LogP contribution is 2.33. The topological polar surface area (TPSA) is 76.0 Å². The van der Waals surface area contributed by atoms with Gasteiger partial charge in [-0.25, -0.2) is 0 Å². The van der Waals surface area contributed by atoms with Crippen molar-refractivity contribution < 1.29 is 4.79 Å². The van der Waals surface area contributed by atoms with Gasteiger partial charge in [-0.1, -0.05) is 0 Å². The van der Waals surface area contributed by atoms with Crippen molar-refractivity contribution in [1.29, 1.82) is 0 Å². The number of aromatic nitrogens is 2. The van der Waals surface area contributed by atoms with E-state index in [0.717, 1.165) is 37.3 Å². The molecule has 124 valence electrons. The number of carbonyl (C=O) groups is 1. The molecule has 24 heavy (non-hydrogen) atoms. The maximum atomic E-state index is 12.7. The lowest BCUT2D eigenvalue weighted by Gasteiger charge is -2.37. The number of rotatable bonds is 2. The summed E-state index contributed by atoms with van der Waals surface area (Å²) in [5.41, 5.74) is 2.81. The fraction of sp³-hybridized carbons (Fsp3) is 0.389. The van der Waals surface area contributed by atoms with Crippen molar-refractivity contribution in [2.45, 2.75) is 18.9 Å². The van der Waals surface area contributed by atoms with E-state index in [1.807, 2.05) is 10.6 Å². The third kappa shape index (κ3) is 2.43. The largest absolute Gasteiger partial charge is 0.355 e. The molecule has 2 aliphatic heterocycles. The van der Waals surface area contributed by atoms with Crippen LogP contribution in [0.25, 0.3) is 11.3 Å². The van der Waals surface area contributed by atoms with Gasteiger partial charge in [-0.2, -0.15) is 0 Å². The minimum Gasteiger partial charge on any atom is -0.355 e. The van der Waals surface area contributed by atoms with Crippen LogP contribution in [-0.4, -0.2) is 35.6 Å². The summed E-state index contributed by atoms with van der Waals surface area (Å²) < 4.78 is 1.89. The summed E-state index contributed by atoms with van der Waals surface area (Å²) in [6.45, 7) is 2.64. The van der Waals surface area contributed by atoms with E-state index < -0.39 is 0 Å². The number of carbonyl (C=O) groups excluding carboxylic acids is 1. The van der Waals surface area contributed by atoms with Crippen molar-refractivity contribution in [1.82, 2.24) is 20.2 Å². The number of pyridine rings is 2. The molecule has 1 fully saturated rings. The summed E-state index contributed by atoms with van der Waals surface area (Å²) in [6.07, 6.45) is 2.76. The minimum absolute atomic E-state index is 0.00684. The third-order valence-corrected chi connectivity index (χ3v) is 5.01. The Morgan fingerprint density at radius 1 is 1.38 bits per heavy atom. The third-order valence-electron chi connectivity index (χ3n) is 5.01. The number of hydrogen-bond acceptors (Lipinski definition) is 4. The van der Waals surface area contributed by atoms with Gasteiger partial charge >= 0.3 is 0 Å². The van der Waals surface area contributed by atoms with E-state index >= 15 is 0 Å². The van der Waals surface area contributed by atoms with E-state index in [1.165, 1.54) is 0 Å². The second-order valence-corrected chi connectivity index (χ2v) is 6.55. The van der Waals surface area contributed by atoms with Gasteiger partial charge in [0.05, 0.1) is 11.3 Å². The van der Waals surface area contributed by atoms with E-state index in [2.05, 4.69) is 15.6 Å². The monoisotopic (exact) mass is 324 g/mol. The molecule has 0 radical (unpaired) electrons. The average molecular weight is 324 g/mol. The molecule has 0 spiro atoms. The summed E-state index contributed by atoms with van der Waals surface area (Å²) in [5.74, 6) is 0.670. The van der Waals surface area contributed by atoms with E-state index in [4.69, 9.17) is 0 Å². The number of amides is 1. The molecule has 0 aliphatic carbocycles. The van der Waals surface area contributed by atoms with Crippen LogP contribution in [-0.2, 0) is 6.54 Å². The molecule has 2 N–H and O–H groups in total. The highest BCUT2D eigenvalue weighted by atomic mass is 16.1. The Labute approximate surface area is 139 Å². The molecule has 2 atom stereocenters. The van der Waals surface area contributed by atoms with Crippen LogP contribution in [0.15, 0.2) is 35.3 Å². The molecule has 0 saturated carbocycles. The smallest absolute Gasteiger partial charge is 0.253 e. The van der Waals surface area contributed by atoms with Crippen molar-refractivity contribution in [3.63, 3.8) is 0 Å². The first-order valence-electron chi connectivity index (χ1n) is 8.30. The predicted octanol–water partition coefficient (Wildman–Crippen LogP) is 0.977. The minimum atomic E-state index is -0.199. The molecule has 0 aromatic carbocycles. The van der Waals surface area contributed by atoms with E-state index in [0.29, 0.717) is 23.1 Å². The molecule has 0 unspecified atom stereocenters. The zero-order chi connectivity index (χ0) is 16.7. The molecular formula is C18H20N4O2. The van der Waals surface area contributed by atoms with Gasteiger partial charge < -0.3 is 15.2 Å². The van der Waals surface area contributed by atoms with Gasteiger partial charge in [-0.15, -0.1) is 0 Å². The van der Waals surface area contributed by atoms with Crippen molar-refractivity contribution in [3.05, 3.63) is 52.1 Å². The Kier molecular flexibility index (Phi) is 3.69. The summed E-state index contributed by atoms with van der Waals surface area (Å²) in [4.78, 5) is 29.1. The standard InChI is InChI=1S/C18H20N4O2/c1-19-18(24)14-3-2-4-21-17(14)12-6-15-13-5-11(8-20-9-13)10-22(15)16(23)7-12/h2-4,6-7,11,13,20H,5,8-10H2,1H3,(H,19,24)/t11-,13+/m0/s1. The molecule has 1 saturated heterocycles. The summed E-state index contributed by atoms with van der Waals surface area (Å²) in [6, 6.07) is 7.10. The first kappa shape index (κ1) is 15.1. The summed E-state index contributed by atoms with van der Waals surface area (Å²) in [7, 11) is 1.59. The fourth-order valence-corrected chi connectivity index (χ4v) is 3.89. The molecule has 2 bridgehead atoms. The molecule has 4 rings (SSSR count). The van der Waals surface area contributed by atoms with Crippen molar-refractivity contribution in [2.24, 2.45) is 5.92 Å². The predicted molar refractivity (Wildman–Crippen MR) is 91.0 cm³/mol. The zero-order valence-electron chi connectivity index (χ0n) is 13.6. The fourth-order valence-electron chi connectivity index (χ4n) is 3.89.